The molecule has 0 aliphatic rings. The molecule has 0 spiro atoms. The first-order chi connectivity index (χ1) is 8.38. The molecule has 0 atom stereocenters. The number of methoxy groups -OCH3 is 1. The summed E-state index contributed by atoms with van der Waals surface area (Å²) in [6.45, 7) is 1.39. The molecular weight excluding hydrogens is 236 g/mol. The average Bonchev–Trinajstić information content (AvgIpc) is 2.83. The fourth-order valence-corrected chi connectivity index (χ4v) is 1.91. The summed E-state index contributed by atoms with van der Waals surface area (Å²) in [5.74, 6) is 0.828. The highest BCUT2D eigenvalue weighted by Crippen LogP contribution is 2.12. The second-order valence-electron chi connectivity index (χ2n) is 3.47. The van der Waals surface area contributed by atoms with E-state index in [1.54, 1.807) is 19.5 Å². The van der Waals surface area contributed by atoms with Crippen molar-refractivity contribution in [2.45, 2.75) is 13.0 Å². The summed E-state index contributed by atoms with van der Waals surface area (Å²) in [5, 5.41) is 4.07. The summed E-state index contributed by atoms with van der Waals surface area (Å²) in [4.78, 5) is 8.33. The van der Waals surface area contributed by atoms with Gasteiger partial charge in [-0.15, -0.1) is 0 Å². The zero-order valence-electron chi connectivity index (χ0n) is 9.59. The summed E-state index contributed by atoms with van der Waals surface area (Å²) in [6.07, 6.45) is 4.31. The maximum Gasteiger partial charge on any atom is 0.202 e. The normalized spacial score (nSPS) is 10.4. The van der Waals surface area contributed by atoms with Crippen LogP contribution in [0, 0.1) is 0 Å². The van der Waals surface area contributed by atoms with Gasteiger partial charge in [0, 0.05) is 44.0 Å². The highest BCUT2D eigenvalue weighted by molar-refractivity contribution is 7.09. The molecule has 2 heterocycles. The van der Waals surface area contributed by atoms with Gasteiger partial charge < -0.3 is 10.1 Å². The summed E-state index contributed by atoms with van der Waals surface area (Å²) in [5.41, 5.74) is 1.17. The smallest absolute Gasteiger partial charge is 0.202 e. The van der Waals surface area contributed by atoms with Crippen LogP contribution in [0.2, 0.25) is 0 Å². The Morgan fingerprint density at radius 3 is 2.94 bits per heavy atom. The van der Waals surface area contributed by atoms with Crippen LogP contribution in [-0.4, -0.2) is 28.1 Å². The van der Waals surface area contributed by atoms with Gasteiger partial charge in [-0.05, 0) is 17.7 Å². The van der Waals surface area contributed by atoms with Crippen LogP contribution < -0.4 is 5.32 Å². The van der Waals surface area contributed by atoms with Crippen molar-refractivity contribution in [2.75, 3.05) is 19.0 Å². The number of nitrogens with zero attached hydrogens (tertiary/aromatic N) is 3. The van der Waals surface area contributed by atoms with E-state index in [1.165, 1.54) is 17.1 Å². The lowest BCUT2D eigenvalue weighted by Crippen LogP contribution is -2.00. The Labute approximate surface area is 104 Å². The molecule has 0 aliphatic heterocycles. The molecule has 0 fully saturated rings. The van der Waals surface area contributed by atoms with Gasteiger partial charge >= 0.3 is 0 Å². The minimum atomic E-state index is 0.653. The predicted molar refractivity (Wildman–Crippen MR) is 67.1 cm³/mol. The number of hydrogen-bond acceptors (Lipinski definition) is 6. The van der Waals surface area contributed by atoms with Crippen molar-refractivity contribution in [1.82, 2.24) is 14.3 Å². The Bertz CT molecular complexity index is 446. The number of nitrogens with one attached hydrogen (secondary N) is 1. The minimum Gasteiger partial charge on any atom is -0.384 e. The minimum absolute atomic E-state index is 0.653. The van der Waals surface area contributed by atoms with Gasteiger partial charge in [0.1, 0.15) is 5.82 Å². The molecule has 0 radical (unpaired) electrons. The highest BCUT2D eigenvalue weighted by Gasteiger charge is 2.03. The quantitative estimate of drug-likeness (QED) is 0.846. The van der Waals surface area contributed by atoms with E-state index < -0.39 is 0 Å². The molecule has 5 nitrogen and oxygen atoms in total. The van der Waals surface area contributed by atoms with Crippen molar-refractivity contribution in [3.8, 4) is 0 Å². The van der Waals surface area contributed by atoms with Gasteiger partial charge in [0.25, 0.3) is 0 Å². The fraction of sp³-hybridized carbons (Fsp3) is 0.364. The Morgan fingerprint density at radius 1 is 1.35 bits per heavy atom. The number of pyridine rings is 1. The zero-order valence-corrected chi connectivity index (χ0v) is 10.4. The van der Waals surface area contributed by atoms with E-state index >= 15 is 0 Å². The lowest BCUT2D eigenvalue weighted by atomic mass is 10.3. The molecule has 6 heteroatoms. The fourth-order valence-electron chi connectivity index (χ4n) is 1.30. The standard InChI is InChI=1S/C11H14N4OS/c1-16-7-4-10-14-11(17-15-10)13-8-9-2-5-12-6-3-9/h2-3,5-6H,4,7-8H2,1H3,(H,13,14,15). The molecule has 0 saturated carbocycles. The van der Waals surface area contributed by atoms with Crippen LogP contribution in [-0.2, 0) is 17.7 Å². The van der Waals surface area contributed by atoms with Crippen LogP contribution >= 0.6 is 11.5 Å². The summed E-state index contributed by atoms with van der Waals surface area (Å²) < 4.78 is 9.22. The van der Waals surface area contributed by atoms with E-state index in [0.717, 1.165) is 23.9 Å². The van der Waals surface area contributed by atoms with E-state index in [4.69, 9.17) is 4.74 Å². The Balaban J connectivity index is 1.85. The largest absolute Gasteiger partial charge is 0.384 e. The van der Waals surface area contributed by atoms with Gasteiger partial charge in [-0.2, -0.15) is 4.37 Å². The maximum atomic E-state index is 4.98. The summed E-state index contributed by atoms with van der Waals surface area (Å²) in [7, 11) is 1.68. The Hall–Kier alpha value is -1.53. The Kier molecular flexibility index (Phi) is 4.40. The molecule has 2 rings (SSSR count). The number of rotatable bonds is 6. The van der Waals surface area contributed by atoms with Crippen LogP contribution in [0.4, 0.5) is 5.13 Å². The number of hydrogen-bond donors (Lipinski definition) is 1. The molecule has 2 aromatic heterocycles. The van der Waals surface area contributed by atoms with E-state index in [9.17, 15) is 0 Å². The second kappa shape index (κ2) is 6.27. The van der Waals surface area contributed by atoms with Crippen molar-refractivity contribution >= 4 is 16.7 Å². The first-order valence-electron chi connectivity index (χ1n) is 5.33. The van der Waals surface area contributed by atoms with Crippen LogP contribution in [0.3, 0.4) is 0 Å². The van der Waals surface area contributed by atoms with Crippen molar-refractivity contribution < 1.29 is 4.74 Å². The molecule has 17 heavy (non-hydrogen) atoms. The SMILES string of the molecule is COCCc1nsc(NCc2ccncc2)n1. The van der Waals surface area contributed by atoms with Crippen LogP contribution in [0.5, 0.6) is 0 Å². The first-order valence-corrected chi connectivity index (χ1v) is 6.10. The van der Waals surface area contributed by atoms with Gasteiger partial charge in [-0.3, -0.25) is 4.98 Å². The lowest BCUT2D eigenvalue weighted by Gasteiger charge is -2.00. The van der Waals surface area contributed by atoms with E-state index in [0.29, 0.717) is 6.61 Å². The van der Waals surface area contributed by atoms with Gasteiger partial charge in [0.15, 0.2) is 0 Å². The van der Waals surface area contributed by atoms with Crippen molar-refractivity contribution in [1.29, 1.82) is 0 Å². The van der Waals surface area contributed by atoms with Crippen LogP contribution in [0.1, 0.15) is 11.4 Å². The topological polar surface area (TPSA) is 59.9 Å². The molecule has 0 aromatic carbocycles. The monoisotopic (exact) mass is 250 g/mol. The number of aromatic nitrogens is 3. The van der Waals surface area contributed by atoms with Gasteiger partial charge in [-0.25, -0.2) is 4.98 Å². The van der Waals surface area contributed by atoms with Crippen LogP contribution in [0.25, 0.3) is 0 Å². The number of anilines is 1. The van der Waals surface area contributed by atoms with E-state index in [-0.39, 0.29) is 0 Å². The zero-order chi connectivity index (χ0) is 11.9. The third kappa shape index (κ3) is 3.76. The van der Waals surface area contributed by atoms with Crippen LogP contribution in [0.15, 0.2) is 24.5 Å². The molecule has 2 aromatic rings. The molecule has 90 valence electrons. The van der Waals surface area contributed by atoms with Crippen molar-refractivity contribution in [3.05, 3.63) is 35.9 Å². The maximum absolute atomic E-state index is 4.98. The first kappa shape index (κ1) is 11.9. The van der Waals surface area contributed by atoms with Crippen molar-refractivity contribution in [3.63, 3.8) is 0 Å². The lowest BCUT2D eigenvalue weighted by molar-refractivity contribution is 0.201. The predicted octanol–water partition coefficient (Wildman–Crippen LogP) is 1.73. The van der Waals surface area contributed by atoms with E-state index in [1.807, 2.05) is 12.1 Å². The van der Waals surface area contributed by atoms with Gasteiger partial charge in [0.2, 0.25) is 5.13 Å². The molecule has 0 saturated heterocycles. The third-order valence-corrected chi connectivity index (χ3v) is 2.90. The highest BCUT2D eigenvalue weighted by atomic mass is 32.1. The summed E-state index contributed by atoms with van der Waals surface area (Å²) in [6, 6.07) is 3.94. The Morgan fingerprint density at radius 2 is 2.18 bits per heavy atom. The second-order valence-corrected chi connectivity index (χ2v) is 4.22. The third-order valence-electron chi connectivity index (χ3n) is 2.19. The number of ether oxygens (including phenoxy) is 1. The van der Waals surface area contributed by atoms with E-state index in [2.05, 4.69) is 19.7 Å². The average molecular weight is 250 g/mol. The molecule has 0 bridgehead atoms. The molecule has 0 amide bonds. The summed E-state index contributed by atoms with van der Waals surface area (Å²) >= 11 is 1.38. The molecular formula is C11H14N4OS. The molecule has 0 unspecified atom stereocenters. The molecule has 0 aliphatic carbocycles. The van der Waals surface area contributed by atoms with Crippen molar-refractivity contribution in [2.24, 2.45) is 0 Å². The molecule has 1 N–H and O–H groups in total. The van der Waals surface area contributed by atoms with Gasteiger partial charge in [0.05, 0.1) is 6.61 Å². The van der Waals surface area contributed by atoms with Gasteiger partial charge in [-0.1, -0.05) is 0 Å².